The van der Waals surface area contributed by atoms with Crippen LogP contribution in [0.4, 0.5) is 0 Å². The summed E-state index contributed by atoms with van der Waals surface area (Å²) < 4.78 is 7.09. The summed E-state index contributed by atoms with van der Waals surface area (Å²) in [7, 11) is 1.56. The smallest absolute Gasteiger partial charge is 0.214 e. The van der Waals surface area contributed by atoms with Crippen LogP contribution in [-0.4, -0.2) is 33.1 Å². The SMILES string of the molecule is COc1cccc(Sc2nnnn2C2CC2)c1C(C)=O. The minimum Gasteiger partial charge on any atom is -0.496 e. The van der Waals surface area contributed by atoms with E-state index in [1.807, 2.05) is 16.8 Å². The van der Waals surface area contributed by atoms with Crippen LogP contribution in [-0.2, 0) is 0 Å². The molecule has 20 heavy (non-hydrogen) atoms. The predicted molar refractivity (Wildman–Crippen MR) is 73.2 cm³/mol. The molecule has 2 aromatic rings. The third-order valence-corrected chi connectivity index (χ3v) is 4.13. The molecule has 1 aliphatic rings. The molecule has 1 heterocycles. The summed E-state index contributed by atoms with van der Waals surface area (Å²) in [6, 6.07) is 5.93. The molecule has 7 heteroatoms. The first-order chi connectivity index (χ1) is 9.70. The molecular weight excluding hydrogens is 276 g/mol. The van der Waals surface area contributed by atoms with E-state index in [4.69, 9.17) is 4.74 Å². The van der Waals surface area contributed by atoms with E-state index in [1.54, 1.807) is 13.2 Å². The van der Waals surface area contributed by atoms with Crippen LogP contribution in [0.3, 0.4) is 0 Å². The molecule has 0 spiro atoms. The fourth-order valence-corrected chi connectivity index (χ4v) is 3.06. The van der Waals surface area contributed by atoms with Gasteiger partial charge >= 0.3 is 0 Å². The normalized spacial score (nSPS) is 14.3. The molecule has 1 fully saturated rings. The molecule has 0 radical (unpaired) electrons. The highest BCUT2D eigenvalue weighted by molar-refractivity contribution is 7.99. The van der Waals surface area contributed by atoms with Crippen LogP contribution in [0, 0.1) is 0 Å². The number of benzene rings is 1. The summed E-state index contributed by atoms with van der Waals surface area (Å²) in [5, 5.41) is 12.5. The van der Waals surface area contributed by atoms with E-state index >= 15 is 0 Å². The standard InChI is InChI=1S/C13H14N4O2S/c1-8(18)12-10(19-2)4-3-5-11(12)20-13-14-15-16-17(13)9-6-7-9/h3-5,9H,6-7H2,1-2H3. The van der Waals surface area contributed by atoms with Crippen LogP contribution in [0.25, 0.3) is 0 Å². The van der Waals surface area contributed by atoms with E-state index in [2.05, 4.69) is 15.5 Å². The number of methoxy groups -OCH3 is 1. The van der Waals surface area contributed by atoms with Gasteiger partial charge in [-0.2, -0.15) is 0 Å². The van der Waals surface area contributed by atoms with Gasteiger partial charge in [-0.05, 0) is 54.1 Å². The van der Waals surface area contributed by atoms with Crippen molar-refractivity contribution in [3.63, 3.8) is 0 Å². The lowest BCUT2D eigenvalue weighted by atomic mass is 10.1. The maximum atomic E-state index is 11.9. The Morgan fingerprint density at radius 2 is 2.25 bits per heavy atom. The van der Waals surface area contributed by atoms with Crippen LogP contribution in [0.1, 0.15) is 36.2 Å². The first-order valence-corrected chi connectivity index (χ1v) is 7.16. The molecule has 6 nitrogen and oxygen atoms in total. The monoisotopic (exact) mass is 290 g/mol. The summed E-state index contributed by atoms with van der Waals surface area (Å²) in [4.78, 5) is 12.7. The van der Waals surface area contributed by atoms with Crippen LogP contribution in [0.5, 0.6) is 5.75 Å². The van der Waals surface area contributed by atoms with Crippen LogP contribution in [0.2, 0.25) is 0 Å². The molecule has 3 rings (SSSR count). The van der Waals surface area contributed by atoms with Crippen molar-refractivity contribution in [3.8, 4) is 5.75 Å². The second kappa shape index (κ2) is 5.24. The number of hydrogen-bond donors (Lipinski definition) is 0. The fraction of sp³-hybridized carbons (Fsp3) is 0.385. The summed E-state index contributed by atoms with van der Waals surface area (Å²) in [6.07, 6.45) is 2.21. The highest BCUT2D eigenvalue weighted by Crippen LogP contribution is 2.39. The van der Waals surface area contributed by atoms with E-state index in [-0.39, 0.29) is 5.78 Å². The number of carbonyl (C=O) groups is 1. The van der Waals surface area contributed by atoms with Crippen molar-refractivity contribution in [1.82, 2.24) is 20.2 Å². The average Bonchev–Trinajstić information content (AvgIpc) is 3.18. The van der Waals surface area contributed by atoms with Crippen LogP contribution < -0.4 is 4.74 Å². The third kappa shape index (κ3) is 2.40. The second-order valence-electron chi connectivity index (χ2n) is 4.63. The lowest BCUT2D eigenvalue weighted by Crippen LogP contribution is -2.02. The van der Waals surface area contributed by atoms with Crippen molar-refractivity contribution in [3.05, 3.63) is 23.8 Å². The number of ketones is 1. The van der Waals surface area contributed by atoms with Gasteiger partial charge in [0.2, 0.25) is 5.16 Å². The summed E-state index contributed by atoms with van der Waals surface area (Å²) >= 11 is 1.40. The van der Waals surface area contributed by atoms with Gasteiger partial charge in [0.05, 0.1) is 18.7 Å². The maximum absolute atomic E-state index is 11.9. The van der Waals surface area contributed by atoms with Gasteiger partial charge in [0.25, 0.3) is 0 Å². The minimum atomic E-state index is -0.0320. The summed E-state index contributed by atoms with van der Waals surface area (Å²) in [6.45, 7) is 1.53. The third-order valence-electron chi connectivity index (χ3n) is 3.12. The van der Waals surface area contributed by atoms with Gasteiger partial charge in [0.15, 0.2) is 5.78 Å². The molecule has 0 saturated heterocycles. The molecule has 0 aliphatic heterocycles. The molecule has 0 N–H and O–H groups in total. The summed E-state index contributed by atoms with van der Waals surface area (Å²) in [5.41, 5.74) is 0.574. The van der Waals surface area contributed by atoms with Gasteiger partial charge in [-0.1, -0.05) is 6.07 Å². The zero-order chi connectivity index (χ0) is 14.1. The Labute approximate surface area is 120 Å². The largest absolute Gasteiger partial charge is 0.496 e. The number of nitrogens with zero attached hydrogens (tertiary/aromatic N) is 4. The molecule has 0 amide bonds. The number of Topliss-reactive ketones (excluding diaryl/α,β-unsaturated/α-hetero) is 1. The number of ether oxygens (including phenoxy) is 1. The van der Waals surface area contributed by atoms with Crippen molar-refractivity contribution < 1.29 is 9.53 Å². The van der Waals surface area contributed by atoms with Gasteiger partial charge in [-0.25, -0.2) is 4.68 Å². The summed E-state index contributed by atoms with van der Waals surface area (Å²) in [5.74, 6) is 0.545. The van der Waals surface area contributed by atoms with E-state index in [9.17, 15) is 4.79 Å². The molecule has 1 aliphatic carbocycles. The Morgan fingerprint density at radius 1 is 1.45 bits per heavy atom. The molecule has 0 atom stereocenters. The van der Waals surface area contributed by atoms with Crippen LogP contribution >= 0.6 is 11.8 Å². The van der Waals surface area contributed by atoms with Crippen molar-refractivity contribution in [2.24, 2.45) is 0 Å². The Kier molecular flexibility index (Phi) is 3.43. The first-order valence-electron chi connectivity index (χ1n) is 6.34. The molecule has 104 valence electrons. The zero-order valence-electron chi connectivity index (χ0n) is 11.2. The van der Waals surface area contributed by atoms with Crippen molar-refractivity contribution in [1.29, 1.82) is 0 Å². The molecule has 1 aromatic carbocycles. The van der Waals surface area contributed by atoms with Gasteiger partial charge in [0, 0.05) is 4.90 Å². The Bertz CT molecular complexity index is 652. The number of rotatable bonds is 5. The van der Waals surface area contributed by atoms with E-state index in [0.717, 1.165) is 17.7 Å². The molecule has 0 unspecified atom stereocenters. The van der Waals surface area contributed by atoms with E-state index < -0.39 is 0 Å². The first kappa shape index (κ1) is 13.1. The predicted octanol–water partition coefficient (Wildman–Crippen LogP) is 2.37. The van der Waals surface area contributed by atoms with Gasteiger partial charge in [-0.3, -0.25) is 4.79 Å². The lowest BCUT2D eigenvalue weighted by Gasteiger charge is -2.10. The Hall–Kier alpha value is -1.89. The molecule has 0 bridgehead atoms. The Balaban J connectivity index is 1.97. The highest BCUT2D eigenvalue weighted by Gasteiger charge is 2.28. The fourth-order valence-electron chi connectivity index (χ4n) is 2.01. The van der Waals surface area contributed by atoms with Crippen molar-refractivity contribution in [2.75, 3.05) is 7.11 Å². The van der Waals surface area contributed by atoms with Gasteiger partial charge in [0.1, 0.15) is 5.75 Å². The average molecular weight is 290 g/mol. The number of hydrogen-bond acceptors (Lipinski definition) is 6. The quantitative estimate of drug-likeness (QED) is 0.787. The Morgan fingerprint density at radius 3 is 2.90 bits per heavy atom. The maximum Gasteiger partial charge on any atom is 0.214 e. The number of tetrazole rings is 1. The number of carbonyl (C=O) groups excluding carboxylic acids is 1. The molecule has 1 saturated carbocycles. The van der Waals surface area contributed by atoms with E-state index in [0.29, 0.717) is 22.5 Å². The topological polar surface area (TPSA) is 69.9 Å². The molecule has 1 aromatic heterocycles. The number of aromatic nitrogens is 4. The molecular formula is C13H14N4O2S. The van der Waals surface area contributed by atoms with Gasteiger partial charge < -0.3 is 4.74 Å². The van der Waals surface area contributed by atoms with Crippen molar-refractivity contribution in [2.45, 2.75) is 35.9 Å². The van der Waals surface area contributed by atoms with Crippen molar-refractivity contribution >= 4 is 17.5 Å². The highest BCUT2D eigenvalue weighted by atomic mass is 32.2. The van der Waals surface area contributed by atoms with E-state index in [1.165, 1.54) is 18.7 Å². The lowest BCUT2D eigenvalue weighted by molar-refractivity contribution is 0.101. The zero-order valence-corrected chi connectivity index (χ0v) is 12.1. The minimum absolute atomic E-state index is 0.0320. The van der Waals surface area contributed by atoms with Crippen LogP contribution in [0.15, 0.2) is 28.3 Å². The second-order valence-corrected chi connectivity index (χ2v) is 5.64. The van der Waals surface area contributed by atoms with Gasteiger partial charge in [-0.15, -0.1) is 5.10 Å².